The molecule has 0 aromatic carbocycles. The molecule has 1 unspecified atom stereocenters. The molecule has 0 aromatic rings. The maximum Gasteiger partial charge on any atom is 0.115 e. The summed E-state index contributed by atoms with van der Waals surface area (Å²) in [6.45, 7) is 8.22. The van der Waals surface area contributed by atoms with Gasteiger partial charge in [0.15, 0.2) is 0 Å². The fourth-order valence-corrected chi connectivity index (χ4v) is 2.39. The molecule has 0 spiro atoms. The number of rotatable bonds is 5. The minimum absolute atomic E-state index is 0.0236. The summed E-state index contributed by atoms with van der Waals surface area (Å²) in [6, 6.07) is 0. The van der Waals surface area contributed by atoms with Crippen molar-refractivity contribution in [2.24, 2.45) is 0 Å². The van der Waals surface area contributed by atoms with Gasteiger partial charge in [0, 0.05) is 14.2 Å². The molecule has 0 aromatic heterocycles. The van der Waals surface area contributed by atoms with Gasteiger partial charge in [0.05, 0.1) is 18.3 Å². The standard InChI is InChI=1S/C13H26O4/c1-7-8(2)16-13-11(14-5)9(3)17-10(4)12(13)15-6/h8-13H,7H2,1-6H3/t8?,9-,10-,11-,12-/m1/s1. The first-order chi connectivity index (χ1) is 8.04. The molecule has 1 aliphatic rings. The summed E-state index contributed by atoms with van der Waals surface area (Å²) in [5.74, 6) is 0. The Balaban J connectivity index is 2.80. The normalized spacial score (nSPS) is 40.2. The van der Waals surface area contributed by atoms with Gasteiger partial charge in [-0.1, -0.05) is 6.92 Å². The van der Waals surface area contributed by atoms with Crippen LogP contribution in [0, 0.1) is 0 Å². The first-order valence-corrected chi connectivity index (χ1v) is 6.41. The Morgan fingerprint density at radius 1 is 1.00 bits per heavy atom. The Labute approximate surface area is 105 Å². The predicted molar refractivity (Wildman–Crippen MR) is 66.2 cm³/mol. The summed E-state index contributed by atoms with van der Waals surface area (Å²) in [5, 5.41) is 0. The lowest BCUT2D eigenvalue weighted by molar-refractivity contribution is -0.248. The van der Waals surface area contributed by atoms with E-state index in [0.717, 1.165) is 6.42 Å². The van der Waals surface area contributed by atoms with Crippen LogP contribution in [0.5, 0.6) is 0 Å². The molecular weight excluding hydrogens is 220 g/mol. The monoisotopic (exact) mass is 246 g/mol. The van der Waals surface area contributed by atoms with Gasteiger partial charge in [-0.2, -0.15) is 0 Å². The molecule has 0 amide bonds. The topological polar surface area (TPSA) is 36.9 Å². The third-order valence-corrected chi connectivity index (χ3v) is 3.51. The van der Waals surface area contributed by atoms with E-state index in [1.807, 2.05) is 13.8 Å². The fourth-order valence-electron chi connectivity index (χ4n) is 2.39. The highest BCUT2D eigenvalue weighted by atomic mass is 16.6. The summed E-state index contributed by atoms with van der Waals surface area (Å²) >= 11 is 0. The van der Waals surface area contributed by atoms with E-state index in [2.05, 4.69) is 13.8 Å². The molecule has 1 fully saturated rings. The molecule has 1 aliphatic heterocycles. The molecule has 0 N–H and O–H groups in total. The van der Waals surface area contributed by atoms with Gasteiger partial charge in [-0.25, -0.2) is 0 Å². The number of methoxy groups -OCH3 is 2. The summed E-state index contributed by atoms with van der Waals surface area (Å²) in [6.07, 6.45) is 1.00. The van der Waals surface area contributed by atoms with E-state index >= 15 is 0 Å². The van der Waals surface area contributed by atoms with Crippen molar-refractivity contribution >= 4 is 0 Å². The van der Waals surface area contributed by atoms with E-state index in [0.29, 0.717) is 0 Å². The molecule has 0 radical (unpaired) electrons. The van der Waals surface area contributed by atoms with Crippen LogP contribution in [0.15, 0.2) is 0 Å². The quantitative estimate of drug-likeness (QED) is 0.743. The first-order valence-electron chi connectivity index (χ1n) is 6.41. The average molecular weight is 246 g/mol. The lowest BCUT2D eigenvalue weighted by Crippen LogP contribution is -2.58. The maximum atomic E-state index is 6.06. The molecule has 1 saturated heterocycles. The van der Waals surface area contributed by atoms with Crippen LogP contribution in [-0.2, 0) is 18.9 Å². The summed E-state index contributed by atoms with van der Waals surface area (Å²) in [4.78, 5) is 0. The van der Waals surface area contributed by atoms with Crippen molar-refractivity contribution in [1.29, 1.82) is 0 Å². The van der Waals surface area contributed by atoms with Crippen molar-refractivity contribution in [2.75, 3.05) is 14.2 Å². The summed E-state index contributed by atoms with van der Waals surface area (Å²) in [7, 11) is 3.39. The highest BCUT2D eigenvalue weighted by Gasteiger charge is 2.44. The molecular formula is C13H26O4. The highest BCUT2D eigenvalue weighted by Crippen LogP contribution is 2.28. The Kier molecular flexibility index (Phi) is 5.86. The van der Waals surface area contributed by atoms with Crippen LogP contribution >= 0.6 is 0 Å². The van der Waals surface area contributed by atoms with Crippen molar-refractivity contribution in [3.05, 3.63) is 0 Å². The minimum atomic E-state index is -0.0786. The second kappa shape index (κ2) is 6.69. The van der Waals surface area contributed by atoms with Gasteiger partial charge in [-0.15, -0.1) is 0 Å². The molecule has 0 aliphatic carbocycles. The van der Waals surface area contributed by atoms with Gasteiger partial charge >= 0.3 is 0 Å². The molecule has 17 heavy (non-hydrogen) atoms. The largest absolute Gasteiger partial charge is 0.376 e. The van der Waals surface area contributed by atoms with Crippen LogP contribution in [0.3, 0.4) is 0 Å². The van der Waals surface area contributed by atoms with E-state index < -0.39 is 0 Å². The van der Waals surface area contributed by atoms with Gasteiger partial charge in [0.25, 0.3) is 0 Å². The smallest absolute Gasteiger partial charge is 0.115 e. The number of hydrogen-bond donors (Lipinski definition) is 0. The Hall–Kier alpha value is -0.160. The van der Waals surface area contributed by atoms with Crippen molar-refractivity contribution in [2.45, 2.75) is 70.7 Å². The van der Waals surface area contributed by atoms with E-state index in [-0.39, 0.29) is 36.6 Å². The van der Waals surface area contributed by atoms with Crippen LogP contribution in [0.4, 0.5) is 0 Å². The zero-order valence-electron chi connectivity index (χ0n) is 11.8. The lowest BCUT2D eigenvalue weighted by atomic mass is 9.95. The van der Waals surface area contributed by atoms with Crippen LogP contribution < -0.4 is 0 Å². The molecule has 5 atom stereocenters. The van der Waals surface area contributed by atoms with Gasteiger partial charge in [-0.05, 0) is 27.2 Å². The average Bonchev–Trinajstić information content (AvgIpc) is 2.29. The SMILES string of the molecule is CCC(C)OC1[C@H](OC)[C@@H](C)O[C@H](C)[C@H]1OC. The molecule has 1 rings (SSSR count). The maximum absolute atomic E-state index is 6.06. The van der Waals surface area contributed by atoms with Crippen LogP contribution in [-0.4, -0.2) is 50.8 Å². The third kappa shape index (κ3) is 3.41. The van der Waals surface area contributed by atoms with Crippen LogP contribution in [0.1, 0.15) is 34.1 Å². The Morgan fingerprint density at radius 2 is 1.47 bits per heavy atom. The molecule has 102 valence electrons. The van der Waals surface area contributed by atoms with E-state index in [4.69, 9.17) is 18.9 Å². The molecule has 4 nitrogen and oxygen atoms in total. The molecule has 1 heterocycles. The van der Waals surface area contributed by atoms with Crippen LogP contribution in [0.2, 0.25) is 0 Å². The Morgan fingerprint density at radius 3 is 1.82 bits per heavy atom. The molecule has 4 heteroatoms. The van der Waals surface area contributed by atoms with Gasteiger partial charge in [0.1, 0.15) is 18.3 Å². The number of hydrogen-bond acceptors (Lipinski definition) is 4. The second-order valence-electron chi connectivity index (χ2n) is 4.77. The van der Waals surface area contributed by atoms with E-state index in [9.17, 15) is 0 Å². The molecule has 0 bridgehead atoms. The van der Waals surface area contributed by atoms with Crippen molar-refractivity contribution in [3.63, 3.8) is 0 Å². The van der Waals surface area contributed by atoms with Crippen molar-refractivity contribution < 1.29 is 18.9 Å². The fraction of sp³-hybridized carbons (Fsp3) is 1.00. The van der Waals surface area contributed by atoms with Crippen molar-refractivity contribution in [3.8, 4) is 0 Å². The highest BCUT2D eigenvalue weighted by molar-refractivity contribution is 4.92. The number of ether oxygens (including phenoxy) is 4. The predicted octanol–water partition coefficient (Wildman–Crippen LogP) is 2.01. The lowest BCUT2D eigenvalue weighted by Gasteiger charge is -2.44. The van der Waals surface area contributed by atoms with E-state index in [1.54, 1.807) is 14.2 Å². The second-order valence-corrected chi connectivity index (χ2v) is 4.77. The summed E-state index contributed by atoms with van der Waals surface area (Å²) in [5.41, 5.74) is 0. The Bertz CT molecular complexity index is 205. The molecule has 0 saturated carbocycles. The van der Waals surface area contributed by atoms with Gasteiger partial charge < -0.3 is 18.9 Å². The zero-order valence-corrected chi connectivity index (χ0v) is 11.8. The zero-order chi connectivity index (χ0) is 13.0. The minimum Gasteiger partial charge on any atom is -0.376 e. The van der Waals surface area contributed by atoms with E-state index in [1.165, 1.54) is 0 Å². The van der Waals surface area contributed by atoms with Gasteiger partial charge in [0.2, 0.25) is 0 Å². The van der Waals surface area contributed by atoms with Gasteiger partial charge in [-0.3, -0.25) is 0 Å². The third-order valence-electron chi connectivity index (χ3n) is 3.51. The van der Waals surface area contributed by atoms with Crippen LogP contribution in [0.25, 0.3) is 0 Å². The summed E-state index contributed by atoms with van der Waals surface area (Å²) < 4.78 is 22.9. The van der Waals surface area contributed by atoms with Crippen molar-refractivity contribution in [1.82, 2.24) is 0 Å². The first kappa shape index (κ1) is 14.9.